The van der Waals surface area contributed by atoms with Crippen LogP contribution in [0.15, 0.2) is 22.4 Å². The molecule has 1 atom stereocenters. The summed E-state index contributed by atoms with van der Waals surface area (Å²) >= 11 is 1.55. The van der Waals surface area contributed by atoms with Crippen molar-refractivity contribution in [2.24, 2.45) is 0 Å². The van der Waals surface area contributed by atoms with Gasteiger partial charge in [-0.05, 0) is 37.3 Å². The average Bonchev–Trinajstić information content (AvgIpc) is 2.16. The van der Waals surface area contributed by atoms with Gasteiger partial charge in [0.2, 0.25) is 0 Å². The first kappa shape index (κ1) is 12.5. The molecule has 1 unspecified atom stereocenters. The normalized spacial score (nSPS) is 14.0. The van der Waals surface area contributed by atoms with E-state index in [0.29, 0.717) is 0 Å². The molecule has 0 bridgehead atoms. The predicted octanol–water partition coefficient (Wildman–Crippen LogP) is 3.34. The Balaban J connectivity index is 3.12. The molecule has 0 aliphatic heterocycles. The van der Waals surface area contributed by atoms with Crippen LogP contribution in [0.25, 0.3) is 6.08 Å². The average molecular weight is 240 g/mol. The Morgan fingerprint density at radius 3 is 2.53 bits per heavy atom. The van der Waals surface area contributed by atoms with Gasteiger partial charge in [0.05, 0.1) is 15.0 Å². The summed E-state index contributed by atoms with van der Waals surface area (Å²) in [6, 6.07) is 6.30. The van der Waals surface area contributed by atoms with Crippen LogP contribution in [0.2, 0.25) is 0 Å². The molecule has 0 saturated carbocycles. The van der Waals surface area contributed by atoms with Crippen LogP contribution in [0.5, 0.6) is 0 Å². The first-order valence-electron chi connectivity index (χ1n) is 4.71. The van der Waals surface area contributed by atoms with Crippen molar-refractivity contribution in [1.29, 1.82) is 0 Å². The fourth-order valence-corrected chi connectivity index (χ4v) is 2.85. The zero-order valence-electron chi connectivity index (χ0n) is 9.53. The molecule has 0 spiro atoms. The van der Waals surface area contributed by atoms with Crippen molar-refractivity contribution in [3.63, 3.8) is 0 Å². The summed E-state index contributed by atoms with van der Waals surface area (Å²) in [5, 5.41) is 0. The Bertz CT molecular complexity index is 408. The molecule has 0 amide bonds. The topological polar surface area (TPSA) is 17.1 Å². The Morgan fingerprint density at radius 1 is 1.40 bits per heavy atom. The van der Waals surface area contributed by atoms with E-state index in [-0.39, 0.29) is 0 Å². The fraction of sp³-hybridized carbons (Fsp3) is 0.333. The third-order valence-corrected chi connectivity index (χ3v) is 4.59. The summed E-state index contributed by atoms with van der Waals surface area (Å²) in [5.74, 6) is 0. The maximum Gasteiger partial charge on any atom is 0.0716 e. The Labute approximate surface area is 98.4 Å². The highest BCUT2D eigenvalue weighted by Gasteiger charge is 2.02. The molecule has 0 heterocycles. The van der Waals surface area contributed by atoms with E-state index in [0.717, 1.165) is 9.80 Å². The lowest BCUT2D eigenvalue weighted by atomic mass is 10.1. The lowest BCUT2D eigenvalue weighted by Gasteiger charge is -2.04. The summed E-state index contributed by atoms with van der Waals surface area (Å²) in [6.07, 6.45) is 5.68. The summed E-state index contributed by atoms with van der Waals surface area (Å²) in [5.41, 5.74) is 3.64. The minimum Gasteiger partial charge on any atom is -0.254 e. The van der Waals surface area contributed by atoms with Gasteiger partial charge in [0, 0.05) is 6.26 Å². The maximum atomic E-state index is 11.4. The maximum absolute atomic E-state index is 11.4. The summed E-state index contributed by atoms with van der Waals surface area (Å²) in [6.45, 7) is 4.16. The molecule has 0 aliphatic rings. The van der Waals surface area contributed by atoms with Gasteiger partial charge in [-0.3, -0.25) is 4.21 Å². The van der Waals surface area contributed by atoms with Crippen LogP contribution in [0, 0.1) is 13.8 Å². The second kappa shape index (κ2) is 5.52. The van der Waals surface area contributed by atoms with Gasteiger partial charge >= 0.3 is 0 Å². The largest absolute Gasteiger partial charge is 0.254 e. The monoisotopic (exact) mass is 240 g/mol. The molecule has 0 aliphatic carbocycles. The van der Waals surface area contributed by atoms with Crippen LogP contribution in [0.1, 0.15) is 16.7 Å². The van der Waals surface area contributed by atoms with Gasteiger partial charge < -0.3 is 0 Å². The highest BCUT2D eigenvalue weighted by atomic mass is 32.2. The number of benzene rings is 1. The van der Waals surface area contributed by atoms with Crippen LogP contribution in [-0.4, -0.2) is 16.7 Å². The lowest BCUT2D eigenvalue weighted by Crippen LogP contribution is -1.89. The van der Waals surface area contributed by atoms with E-state index < -0.39 is 10.8 Å². The molecule has 1 rings (SSSR count). The molecule has 0 N–H and O–H groups in total. The Hall–Kier alpha value is -0.540. The second-order valence-electron chi connectivity index (χ2n) is 3.48. The van der Waals surface area contributed by atoms with Crippen molar-refractivity contribution < 1.29 is 4.21 Å². The molecular formula is C12H16OS2. The Morgan fingerprint density at radius 2 is 2.07 bits per heavy atom. The molecule has 15 heavy (non-hydrogen) atoms. The smallest absolute Gasteiger partial charge is 0.0716 e. The van der Waals surface area contributed by atoms with Crippen LogP contribution in [-0.2, 0) is 10.8 Å². The molecule has 82 valence electrons. The van der Waals surface area contributed by atoms with Gasteiger partial charge in [-0.25, -0.2) is 0 Å². The van der Waals surface area contributed by atoms with Crippen molar-refractivity contribution in [1.82, 2.24) is 0 Å². The number of rotatable bonds is 3. The highest BCUT2D eigenvalue weighted by molar-refractivity contribution is 8.16. The van der Waals surface area contributed by atoms with E-state index in [2.05, 4.69) is 32.0 Å². The van der Waals surface area contributed by atoms with Gasteiger partial charge in [0.15, 0.2) is 0 Å². The highest BCUT2D eigenvalue weighted by Crippen LogP contribution is 2.21. The third kappa shape index (κ3) is 3.50. The van der Waals surface area contributed by atoms with Crippen LogP contribution >= 0.6 is 11.8 Å². The van der Waals surface area contributed by atoms with E-state index in [4.69, 9.17) is 0 Å². The number of hydrogen-bond donors (Lipinski definition) is 0. The van der Waals surface area contributed by atoms with E-state index in [1.807, 2.05) is 12.3 Å². The van der Waals surface area contributed by atoms with Crippen LogP contribution in [0.4, 0.5) is 0 Å². The molecule has 1 nitrogen and oxygen atoms in total. The van der Waals surface area contributed by atoms with Gasteiger partial charge in [-0.15, -0.1) is 11.8 Å². The minimum absolute atomic E-state index is 0.893. The predicted molar refractivity (Wildman–Crippen MR) is 71.5 cm³/mol. The van der Waals surface area contributed by atoms with Gasteiger partial charge in [-0.2, -0.15) is 0 Å². The first-order chi connectivity index (χ1) is 7.04. The summed E-state index contributed by atoms with van der Waals surface area (Å²) in [4.78, 5) is 0. The Kier molecular flexibility index (Phi) is 4.61. The minimum atomic E-state index is -0.893. The first-order valence-corrected chi connectivity index (χ1v) is 7.49. The molecule has 3 heteroatoms. The van der Waals surface area contributed by atoms with Crippen molar-refractivity contribution in [3.05, 3.63) is 39.1 Å². The van der Waals surface area contributed by atoms with Crippen LogP contribution < -0.4 is 0 Å². The number of aryl methyl sites for hydroxylation is 2. The summed E-state index contributed by atoms with van der Waals surface area (Å²) in [7, 11) is -0.893. The lowest BCUT2D eigenvalue weighted by molar-refractivity contribution is 0.691. The quantitative estimate of drug-likeness (QED) is 0.806. The molecule has 0 aromatic heterocycles. The second-order valence-corrected chi connectivity index (χ2v) is 5.94. The molecule has 0 fully saturated rings. The molecule has 1 aromatic rings. The van der Waals surface area contributed by atoms with Crippen molar-refractivity contribution in [2.75, 3.05) is 12.5 Å². The van der Waals surface area contributed by atoms with Crippen LogP contribution in [0.3, 0.4) is 0 Å². The van der Waals surface area contributed by atoms with E-state index >= 15 is 0 Å². The SMILES string of the molecule is CS/C(=C\c1ccc(C)cc1C)S(C)=O. The molecule has 0 radical (unpaired) electrons. The van der Waals surface area contributed by atoms with Gasteiger partial charge in [0.25, 0.3) is 0 Å². The molecule has 0 saturated heterocycles. The zero-order valence-corrected chi connectivity index (χ0v) is 11.2. The standard InChI is InChI=1S/C12H16OS2/c1-9-5-6-11(10(2)7-9)8-12(14-3)15(4)13/h5-8H,1-4H3/b12-8+. The van der Waals surface area contributed by atoms with E-state index in [1.165, 1.54) is 11.1 Å². The molecule has 1 aromatic carbocycles. The van der Waals surface area contributed by atoms with Gasteiger partial charge in [0.1, 0.15) is 0 Å². The number of thioether (sulfide) groups is 1. The van der Waals surface area contributed by atoms with Crippen molar-refractivity contribution in [3.8, 4) is 0 Å². The fourth-order valence-electron chi connectivity index (χ4n) is 1.37. The summed E-state index contributed by atoms with van der Waals surface area (Å²) < 4.78 is 12.3. The zero-order chi connectivity index (χ0) is 11.4. The van der Waals surface area contributed by atoms with Gasteiger partial charge in [-0.1, -0.05) is 23.8 Å². The van der Waals surface area contributed by atoms with Crippen molar-refractivity contribution >= 4 is 28.6 Å². The van der Waals surface area contributed by atoms with E-state index in [9.17, 15) is 4.21 Å². The van der Waals surface area contributed by atoms with E-state index in [1.54, 1.807) is 18.0 Å². The third-order valence-electron chi connectivity index (χ3n) is 2.18. The molecular weight excluding hydrogens is 224 g/mol. The number of hydrogen-bond acceptors (Lipinski definition) is 2. The van der Waals surface area contributed by atoms with Crippen molar-refractivity contribution in [2.45, 2.75) is 13.8 Å².